The highest BCUT2D eigenvalue weighted by atomic mass is 16.7. The van der Waals surface area contributed by atoms with Crippen LogP contribution in [0, 0.1) is 6.92 Å². The number of nitrogens with zero attached hydrogens (tertiary/aromatic N) is 6. The van der Waals surface area contributed by atoms with Gasteiger partial charge in [0.1, 0.15) is 5.75 Å². The molecule has 2 heterocycles. The number of aromatic nitrogens is 4. The van der Waals surface area contributed by atoms with Crippen LogP contribution < -0.4 is 9.74 Å². The fourth-order valence-electron chi connectivity index (χ4n) is 5.23. The zero-order chi connectivity index (χ0) is 28.2. The van der Waals surface area contributed by atoms with Crippen molar-refractivity contribution in [3.05, 3.63) is 102 Å². The topological polar surface area (TPSA) is 96.6 Å². The molecule has 0 aliphatic carbocycles. The van der Waals surface area contributed by atoms with E-state index in [0.29, 0.717) is 23.9 Å². The Morgan fingerprint density at radius 2 is 1.85 bits per heavy atom. The van der Waals surface area contributed by atoms with E-state index in [9.17, 15) is 9.90 Å². The Kier molecular flexibility index (Phi) is 7.93. The molecule has 0 spiro atoms. The summed E-state index contributed by atoms with van der Waals surface area (Å²) in [4.78, 5) is 24.1. The minimum Gasteiger partial charge on any atom is -0.508 e. The van der Waals surface area contributed by atoms with Gasteiger partial charge in [-0.1, -0.05) is 48.0 Å². The first-order valence-corrected chi connectivity index (χ1v) is 13.4. The molecule has 0 radical (unpaired) electrons. The molecule has 0 bridgehead atoms. The Morgan fingerprint density at radius 3 is 2.62 bits per heavy atom. The highest BCUT2D eigenvalue weighted by Gasteiger charge is 2.29. The Bertz CT molecular complexity index is 1500. The van der Waals surface area contributed by atoms with Crippen LogP contribution in [0.1, 0.15) is 40.9 Å². The number of phenolic OH excluding ortho intramolecular Hbond substituents is 1. The summed E-state index contributed by atoms with van der Waals surface area (Å²) >= 11 is 0. The second kappa shape index (κ2) is 11.7. The maximum atomic E-state index is 12.7. The second-order valence-electron chi connectivity index (χ2n) is 10.4. The van der Waals surface area contributed by atoms with Gasteiger partial charge >= 0.3 is 5.97 Å². The predicted octanol–water partition coefficient (Wildman–Crippen LogP) is 4.30. The van der Waals surface area contributed by atoms with E-state index in [1.165, 1.54) is 0 Å². The zero-order valence-electron chi connectivity index (χ0n) is 23.1. The largest absolute Gasteiger partial charge is 0.508 e. The van der Waals surface area contributed by atoms with Gasteiger partial charge in [-0.25, -0.2) is 4.79 Å². The summed E-state index contributed by atoms with van der Waals surface area (Å²) in [6, 6.07) is 21.2. The normalized spacial score (nSPS) is 17.5. The highest BCUT2D eigenvalue weighted by Crippen LogP contribution is 2.31. The summed E-state index contributed by atoms with van der Waals surface area (Å²) in [6.45, 7) is 12.9. The van der Waals surface area contributed by atoms with Crippen molar-refractivity contribution in [2.45, 2.75) is 39.3 Å². The van der Waals surface area contributed by atoms with Gasteiger partial charge in [0.25, 0.3) is 0 Å². The molecule has 9 heteroatoms. The SMILES string of the molecule is C=CCN1C[C@H](C)N(c2cc(O)cc(Cc3ccccc3-c3nnnn3OC(=O)c3ccc(C)cc3)c2)C[C@H]1C. The van der Waals surface area contributed by atoms with E-state index >= 15 is 0 Å². The number of aryl methyl sites for hydroxylation is 1. The van der Waals surface area contributed by atoms with Gasteiger partial charge in [-0.2, -0.15) is 0 Å². The van der Waals surface area contributed by atoms with Crippen LogP contribution in [0.4, 0.5) is 5.69 Å². The van der Waals surface area contributed by atoms with Crippen LogP contribution in [0.2, 0.25) is 0 Å². The first-order valence-electron chi connectivity index (χ1n) is 13.4. The van der Waals surface area contributed by atoms with E-state index in [1.54, 1.807) is 18.2 Å². The number of aromatic hydroxyl groups is 1. The Labute approximate surface area is 234 Å². The maximum absolute atomic E-state index is 12.7. The van der Waals surface area contributed by atoms with Gasteiger partial charge in [0.05, 0.1) is 5.56 Å². The highest BCUT2D eigenvalue weighted by molar-refractivity contribution is 5.89. The summed E-state index contributed by atoms with van der Waals surface area (Å²) in [5.41, 5.74) is 5.05. The molecule has 1 saturated heterocycles. The van der Waals surface area contributed by atoms with E-state index < -0.39 is 5.97 Å². The van der Waals surface area contributed by atoms with Crippen molar-refractivity contribution in [3.63, 3.8) is 0 Å². The molecule has 40 heavy (non-hydrogen) atoms. The number of phenols is 1. The van der Waals surface area contributed by atoms with Gasteiger partial charge in [0.2, 0.25) is 5.82 Å². The number of benzene rings is 3. The molecule has 206 valence electrons. The van der Waals surface area contributed by atoms with E-state index in [1.807, 2.05) is 55.5 Å². The molecule has 4 aromatic rings. The second-order valence-corrected chi connectivity index (χ2v) is 10.4. The molecule has 0 saturated carbocycles. The van der Waals surface area contributed by atoms with Gasteiger partial charge in [0.15, 0.2) is 0 Å². The van der Waals surface area contributed by atoms with Crippen molar-refractivity contribution >= 4 is 11.7 Å². The third kappa shape index (κ3) is 5.89. The molecule has 0 unspecified atom stereocenters. The Hall–Kier alpha value is -4.50. The molecule has 9 nitrogen and oxygen atoms in total. The van der Waals surface area contributed by atoms with Gasteiger partial charge in [-0.05, 0) is 77.9 Å². The summed E-state index contributed by atoms with van der Waals surface area (Å²) in [6.07, 6.45) is 2.47. The van der Waals surface area contributed by atoms with Crippen LogP contribution in [0.5, 0.6) is 5.75 Å². The fourth-order valence-corrected chi connectivity index (χ4v) is 5.23. The summed E-state index contributed by atoms with van der Waals surface area (Å²) in [5, 5.41) is 22.5. The first kappa shape index (κ1) is 27.1. The fraction of sp³-hybridized carbons (Fsp3) is 0.290. The van der Waals surface area contributed by atoms with Crippen molar-refractivity contribution in [1.82, 2.24) is 25.3 Å². The van der Waals surface area contributed by atoms with Crippen LogP contribution in [0.15, 0.2) is 79.4 Å². The Morgan fingerprint density at radius 1 is 1.07 bits per heavy atom. The quantitative estimate of drug-likeness (QED) is 0.262. The summed E-state index contributed by atoms with van der Waals surface area (Å²) in [5.74, 6) is -0.0207. The van der Waals surface area contributed by atoms with Gasteiger partial charge < -0.3 is 14.8 Å². The molecule has 1 N–H and O–H groups in total. The van der Waals surface area contributed by atoms with E-state index in [0.717, 1.165) is 52.4 Å². The molecule has 0 amide bonds. The smallest absolute Gasteiger partial charge is 0.365 e. The van der Waals surface area contributed by atoms with Crippen LogP contribution >= 0.6 is 0 Å². The monoisotopic (exact) mass is 538 g/mol. The third-order valence-electron chi connectivity index (χ3n) is 7.32. The molecular weight excluding hydrogens is 504 g/mol. The number of carbonyl (C=O) groups excluding carboxylic acids is 1. The van der Waals surface area contributed by atoms with Crippen molar-refractivity contribution in [2.75, 3.05) is 24.5 Å². The van der Waals surface area contributed by atoms with Crippen molar-refractivity contribution < 1.29 is 14.7 Å². The minimum absolute atomic E-state index is 0.218. The zero-order valence-corrected chi connectivity index (χ0v) is 23.1. The predicted molar refractivity (Wildman–Crippen MR) is 154 cm³/mol. The molecule has 3 aromatic carbocycles. The molecular formula is C31H34N6O3. The molecule has 1 aliphatic heterocycles. The number of hydrogen-bond acceptors (Lipinski definition) is 8. The van der Waals surface area contributed by atoms with E-state index in [-0.39, 0.29) is 11.8 Å². The van der Waals surface area contributed by atoms with E-state index in [4.69, 9.17) is 4.84 Å². The van der Waals surface area contributed by atoms with Gasteiger partial charge in [-0.15, -0.1) is 11.7 Å². The number of carbonyl (C=O) groups is 1. The first-order chi connectivity index (χ1) is 19.3. The van der Waals surface area contributed by atoms with Crippen molar-refractivity contribution in [3.8, 4) is 17.1 Å². The Balaban J connectivity index is 1.39. The average Bonchev–Trinajstić information content (AvgIpc) is 3.39. The van der Waals surface area contributed by atoms with Crippen LogP contribution in [-0.2, 0) is 6.42 Å². The van der Waals surface area contributed by atoms with Crippen molar-refractivity contribution in [2.24, 2.45) is 0 Å². The average molecular weight is 539 g/mol. The minimum atomic E-state index is -0.555. The lowest BCUT2D eigenvalue weighted by Gasteiger charge is -2.45. The number of hydrogen-bond donors (Lipinski definition) is 1. The number of anilines is 1. The molecule has 5 rings (SSSR count). The third-order valence-corrected chi connectivity index (χ3v) is 7.32. The molecule has 1 aliphatic rings. The summed E-state index contributed by atoms with van der Waals surface area (Å²) in [7, 11) is 0. The number of rotatable bonds is 8. The lowest BCUT2D eigenvalue weighted by molar-refractivity contribution is 0.0393. The lowest BCUT2D eigenvalue weighted by atomic mass is 9.98. The molecule has 2 atom stereocenters. The molecule has 1 aromatic heterocycles. The van der Waals surface area contributed by atoms with Crippen molar-refractivity contribution in [1.29, 1.82) is 0 Å². The van der Waals surface area contributed by atoms with Crippen LogP contribution in [-0.4, -0.2) is 68.1 Å². The molecule has 1 fully saturated rings. The van der Waals surface area contributed by atoms with Gasteiger partial charge in [0, 0.05) is 49.0 Å². The lowest BCUT2D eigenvalue weighted by Crippen LogP contribution is -2.56. The summed E-state index contributed by atoms with van der Waals surface area (Å²) < 4.78 is 0. The van der Waals surface area contributed by atoms with Gasteiger partial charge in [-0.3, -0.25) is 4.90 Å². The standard InChI is InChI=1S/C31H34N6O3/c1-5-14-35-19-23(4)36(20-22(35)3)27-16-24(17-28(38)18-27)15-26-8-6-7-9-29(26)30-32-33-34-37(30)40-31(39)25-12-10-21(2)11-13-25/h5-13,16-18,22-23,38H,1,14-15,19-20H2,2-4H3/t22-,23+/m1/s1. The van der Waals surface area contributed by atoms with E-state index in [2.05, 4.69) is 51.8 Å². The van der Waals surface area contributed by atoms with Crippen LogP contribution in [0.25, 0.3) is 11.4 Å². The van der Waals surface area contributed by atoms with Crippen LogP contribution in [0.3, 0.4) is 0 Å². The number of piperazine rings is 1. The maximum Gasteiger partial charge on any atom is 0.365 e. The number of tetrazole rings is 1.